The number of guanidine groups is 1. The summed E-state index contributed by atoms with van der Waals surface area (Å²) >= 11 is 0. The maximum Gasteiger partial charge on any atom is 0.243 e. The molecule has 0 aromatic heterocycles. The van der Waals surface area contributed by atoms with E-state index in [2.05, 4.69) is 35.5 Å². The number of amides is 1. The molecule has 0 saturated heterocycles. The van der Waals surface area contributed by atoms with Gasteiger partial charge in [-0.05, 0) is 36.5 Å². The van der Waals surface area contributed by atoms with Gasteiger partial charge in [0, 0.05) is 27.2 Å². The summed E-state index contributed by atoms with van der Waals surface area (Å²) in [4.78, 5) is 17.8. The van der Waals surface area contributed by atoms with Crippen molar-refractivity contribution in [3.63, 3.8) is 0 Å². The van der Waals surface area contributed by atoms with Gasteiger partial charge in [0.15, 0.2) is 17.5 Å². The van der Waals surface area contributed by atoms with Crippen LogP contribution in [0.4, 0.5) is 0 Å². The SMILES string of the molecule is CCCCNC(=NCC(=O)N(C)C)NCC(C)Cc1ccc(OC)c(OC)c1.I. The smallest absolute Gasteiger partial charge is 0.243 e. The van der Waals surface area contributed by atoms with Gasteiger partial charge >= 0.3 is 0 Å². The summed E-state index contributed by atoms with van der Waals surface area (Å²) in [7, 11) is 6.76. The summed E-state index contributed by atoms with van der Waals surface area (Å²) in [5.41, 5.74) is 1.19. The fraction of sp³-hybridized carbons (Fsp3) is 0.619. The monoisotopic (exact) mass is 520 g/mol. The highest BCUT2D eigenvalue weighted by atomic mass is 127. The number of hydrogen-bond donors (Lipinski definition) is 2. The maximum atomic E-state index is 11.8. The van der Waals surface area contributed by atoms with Crippen LogP contribution in [0, 0.1) is 5.92 Å². The second-order valence-electron chi connectivity index (χ2n) is 7.11. The van der Waals surface area contributed by atoms with Gasteiger partial charge in [-0.1, -0.05) is 26.3 Å². The van der Waals surface area contributed by atoms with Crippen LogP contribution in [0.5, 0.6) is 11.5 Å². The Hall–Kier alpha value is -1.71. The standard InChI is InChI=1S/C21H36N4O3.HI/c1-7-8-11-22-21(24-15-20(26)25(3)4)23-14-16(2)12-17-9-10-18(27-5)19(13-17)28-6;/h9-10,13,16H,7-8,11-12,14-15H2,1-6H3,(H2,22,23,24);1H. The Morgan fingerprint density at radius 1 is 1.17 bits per heavy atom. The zero-order valence-corrected chi connectivity index (χ0v) is 20.9. The lowest BCUT2D eigenvalue weighted by Crippen LogP contribution is -2.41. The van der Waals surface area contributed by atoms with E-state index in [1.165, 1.54) is 5.56 Å². The predicted octanol–water partition coefficient (Wildman–Crippen LogP) is 2.92. The predicted molar refractivity (Wildman–Crippen MR) is 130 cm³/mol. The average Bonchev–Trinajstić information content (AvgIpc) is 2.69. The highest BCUT2D eigenvalue weighted by molar-refractivity contribution is 14.0. The third-order valence-electron chi connectivity index (χ3n) is 4.34. The molecule has 0 aliphatic rings. The van der Waals surface area contributed by atoms with Gasteiger partial charge in [-0.3, -0.25) is 4.79 Å². The van der Waals surface area contributed by atoms with Crippen molar-refractivity contribution >= 4 is 35.8 Å². The molecule has 1 aromatic rings. The molecule has 7 nitrogen and oxygen atoms in total. The van der Waals surface area contributed by atoms with E-state index in [1.807, 2.05) is 12.1 Å². The minimum atomic E-state index is -0.0185. The van der Waals surface area contributed by atoms with Crippen LogP contribution in [0.2, 0.25) is 0 Å². The van der Waals surface area contributed by atoms with E-state index >= 15 is 0 Å². The zero-order chi connectivity index (χ0) is 20.9. The molecule has 0 radical (unpaired) electrons. The van der Waals surface area contributed by atoms with Gasteiger partial charge in [0.25, 0.3) is 0 Å². The van der Waals surface area contributed by atoms with Crippen molar-refractivity contribution in [2.45, 2.75) is 33.1 Å². The molecule has 0 fully saturated rings. The minimum Gasteiger partial charge on any atom is -0.493 e. The number of methoxy groups -OCH3 is 2. The molecule has 8 heteroatoms. The molecule has 0 aliphatic carbocycles. The third-order valence-corrected chi connectivity index (χ3v) is 4.34. The molecule has 1 unspecified atom stereocenters. The topological polar surface area (TPSA) is 75.2 Å². The van der Waals surface area contributed by atoms with Gasteiger partial charge in [0.2, 0.25) is 5.91 Å². The first-order valence-electron chi connectivity index (χ1n) is 9.84. The molecule has 0 spiro atoms. The highest BCUT2D eigenvalue weighted by Gasteiger charge is 2.10. The van der Waals surface area contributed by atoms with Gasteiger partial charge in [-0.2, -0.15) is 0 Å². The number of rotatable bonds is 11. The van der Waals surface area contributed by atoms with Crippen LogP contribution in [0.3, 0.4) is 0 Å². The molecule has 2 N–H and O–H groups in total. The van der Waals surface area contributed by atoms with Crippen molar-refractivity contribution in [2.75, 3.05) is 47.9 Å². The fourth-order valence-corrected chi connectivity index (χ4v) is 2.60. The lowest BCUT2D eigenvalue weighted by atomic mass is 10.0. The number of hydrogen-bond acceptors (Lipinski definition) is 4. The molecule has 0 saturated carbocycles. The Kier molecular flexibility index (Phi) is 14.3. The molecule has 1 atom stereocenters. The minimum absolute atomic E-state index is 0. The van der Waals surface area contributed by atoms with Crippen molar-refractivity contribution < 1.29 is 14.3 Å². The number of halogens is 1. The molecule has 0 heterocycles. The van der Waals surface area contributed by atoms with Gasteiger partial charge in [-0.15, -0.1) is 24.0 Å². The van der Waals surface area contributed by atoms with E-state index in [4.69, 9.17) is 9.47 Å². The normalized spacial score (nSPS) is 11.9. The third kappa shape index (κ3) is 10.6. The number of unbranched alkanes of at least 4 members (excludes halogenated alkanes) is 1. The molecule has 0 aliphatic heterocycles. The number of benzene rings is 1. The molecule has 1 rings (SSSR count). The summed E-state index contributed by atoms with van der Waals surface area (Å²) in [6.07, 6.45) is 3.06. The molecule has 0 bridgehead atoms. The Bertz CT molecular complexity index is 638. The van der Waals surface area contributed by atoms with Crippen LogP contribution < -0.4 is 20.1 Å². The first-order chi connectivity index (χ1) is 13.4. The zero-order valence-electron chi connectivity index (χ0n) is 18.6. The molecular weight excluding hydrogens is 483 g/mol. The van der Waals surface area contributed by atoms with E-state index in [9.17, 15) is 4.79 Å². The molecule has 1 aromatic carbocycles. The van der Waals surface area contributed by atoms with E-state index in [0.717, 1.165) is 43.9 Å². The van der Waals surface area contributed by atoms with Gasteiger partial charge in [0.1, 0.15) is 6.54 Å². The van der Waals surface area contributed by atoms with Gasteiger partial charge in [-0.25, -0.2) is 4.99 Å². The summed E-state index contributed by atoms with van der Waals surface area (Å²) in [5.74, 6) is 2.52. The van der Waals surface area contributed by atoms with E-state index < -0.39 is 0 Å². The van der Waals surface area contributed by atoms with E-state index in [0.29, 0.717) is 11.9 Å². The van der Waals surface area contributed by atoms with Crippen molar-refractivity contribution in [1.82, 2.24) is 15.5 Å². The number of ether oxygens (including phenoxy) is 2. The summed E-state index contributed by atoms with van der Waals surface area (Å²) < 4.78 is 10.7. The number of carbonyl (C=O) groups excluding carboxylic acids is 1. The Labute approximate surface area is 192 Å². The number of carbonyl (C=O) groups is 1. The Morgan fingerprint density at radius 3 is 2.45 bits per heavy atom. The summed E-state index contributed by atoms with van der Waals surface area (Å²) in [6, 6.07) is 6.00. The Morgan fingerprint density at radius 2 is 1.86 bits per heavy atom. The van der Waals surface area contributed by atoms with Crippen molar-refractivity contribution in [3.05, 3.63) is 23.8 Å². The average molecular weight is 520 g/mol. The summed E-state index contributed by atoms with van der Waals surface area (Å²) in [6.45, 7) is 6.05. The van der Waals surface area contributed by atoms with Crippen LogP contribution in [-0.2, 0) is 11.2 Å². The first-order valence-corrected chi connectivity index (χ1v) is 9.84. The molecule has 29 heavy (non-hydrogen) atoms. The number of nitrogens with one attached hydrogen (secondary N) is 2. The van der Waals surface area contributed by atoms with Gasteiger partial charge in [0.05, 0.1) is 14.2 Å². The van der Waals surface area contributed by atoms with Crippen LogP contribution in [-0.4, -0.2) is 64.7 Å². The van der Waals surface area contributed by atoms with Crippen LogP contribution >= 0.6 is 24.0 Å². The van der Waals surface area contributed by atoms with Crippen LogP contribution in [0.25, 0.3) is 0 Å². The van der Waals surface area contributed by atoms with Crippen molar-refractivity contribution in [2.24, 2.45) is 10.9 Å². The van der Waals surface area contributed by atoms with E-state index in [1.54, 1.807) is 33.2 Å². The number of nitrogens with zero attached hydrogens (tertiary/aromatic N) is 2. The quantitative estimate of drug-likeness (QED) is 0.203. The van der Waals surface area contributed by atoms with Crippen LogP contribution in [0.1, 0.15) is 32.3 Å². The first kappa shape index (κ1) is 27.3. The number of aliphatic imine (C=N–C) groups is 1. The second-order valence-corrected chi connectivity index (χ2v) is 7.11. The Balaban J connectivity index is 0.00000784. The largest absolute Gasteiger partial charge is 0.493 e. The van der Waals surface area contributed by atoms with Crippen LogP contribution in [0.15, 0.2) is 23.2 Å². The highest BCUT2D eigenvalue weighted by Crippen LogP contribution is 2.28. The molecule has 1 amide bonds. The summed E-state index contributed by atoms with van der Waals surface area (Å²) in [5, 5.41) is 6.66. The second kappa shape index (κ2) is 15.2. The van der Waals surface area contributed by atoms with Gasteiger partial charge < -0.3 is 25.0 Å². The van der Waals surface area contributed by atoms with Crippen molar-refractivity contribution in [3.8, 4) is 11.5 Å². The molecule has 166 valence electrons. The lowest BCUT2D eigenvalue weighted by molar-refractivity contribution is -0.127. The molecular formula is C21H37IN4O3. The number of likely N-dealkylation sites (N-methyl/N-ethyl adjacent to an activating group) is 1. The maximum absolute atomic E-state index is 11.8. The van der Waals surface area contributed by atoms with E-state index in [-0.39, 0.29) is 36.4 Å². The fourth-order valence-electron chi connectivity index (χ4n) is 2.60. The lowest BCUT2D eigenvalue weighted by Gasteiger charge is -2.17. The van der Waals surface area contributed by atoms with Crippen molar-refractivity contribution in [1.29, 1.82) is 0 Å².